The molecule has 4 rings (SSSR count). The van der Waals surface area contributed by atoms with Gasteiger partial charge in [-0.05, 0) is 75.3 Å². The minimum atomic E-state index is -4.84. The van der Waals surface area contributed by atoms with Crippen LogP contribution in [-0.4, -0.2) is 57.1 Å². The van der Waals surface area contributed by atoms with Crippen LogP contribution < -0.4 is 5.73 Å². The number of primary amides is 1. The second kappa shape index (κ2) is 9.68. The maximum Gasteiger partial charge on any atom is 0.421 e. The third kappa shape index (κ3) is 5.16. The zero-order valence-corrected chi connectivity index (χ0v) is 19.9. The maximum atomic E-state index is 13.5. The largest absolute Gasteiger partial charge is 0.449 e. The van der Waals surface area contributed by atoms with E-state index in [-0.39, 0.29) is 35.7 Å². The van der Waals surface area contributed by atoms with Crippen LogP contribution in [0.2, 0.25) is 0 Å². The summed E-state index contributed by atoms with van der Waals surface area (Å²) in [5.41, 5.74) is 2.27. The van der Waals surface area contributed by atoms with Crippen molar-refractivity contribution in [3.63, 3.8) is 0 Å². The molecular formula is C25H29F3N4O4. The molecule has 2 amide bonds. The van der Waals surface area contributed by atoms with E-state index in [9.17, 15) is 27.9 Å². The lowest BCUT2D eigenvalue weighted by atomic mass is 9.70. The molecule has 0 saturated heterocycles. The Morgan fingerprint density at radius 1 is 1.11 bits per heavy atom. The van der Waals surface area contributed by atoms with Gasteiger partial charge in [0, 0.05) is 29.3 Å². The number of rotatable bonds is 7. The molecule has 0 aliphatic heterocycles. The van der Waals surface area contributed by atoms with Gasteiger partial charge in [-0.15, -0.1) is 0 Å². The van der Waals surface area contributed by atoms with Gasteiger partial charge in [0.1, 0.15) is 6.61 Å². The van der Waals surface area contributed by atoms with Gasteiger partial charge in [-0.3, -0.25) is 4.79 Å². The summed E-state index contributed by atoms with van der Waals surface area (Å²) in [5, 5.41) is 18.1. The quantitative estimate of drug-likeness (QED) is 0.589. The second-order valence-electron chi connectivity index (χ2n) is 9.82. The number of nitrogens with two attached hydrogens (primary N) is 1. The first-order chi connectivity index (χ1) is 16.9. The van der Waals surface area contributed by atoms with Gasteiger partial charge >= 0.3 is 12.3 Å². The molecule has 2 aliphatic rings. The molecule has 2 fully saturated rings. The van der Waals surface area contributed by atoms with Gasteiger partial charge in [-0.25, -0.2) is 4.79 Å². The summed E-state index contributed by atoms with van der Waals surface area (Å²) in [4.78, 5) is 26.6. The minimum absolute atomic E-state index is 0.0612. The maximum absolute atomic E-state index is 13.5. The van der Waals surface area contributed by atoms with Crippen LogP contribution >= 0.6 is 0 Å². The van der Waals surface area contributed by atoms with Gasteiger partial charge < -0.3 is 20.5 Å². The number of carbonyl (C=O) groups is 2. The van der Waals surface area contributed by atoms with Crippen molar-refractivity contribution in [1.29, 1.82) is 0 Å². The van der Waals surface area contributed by atoms with Crippen LogP contribution in [0.3, 0.4) is 0 Å². The van der Waals surface area contributed by atoms with Crippen molar-refractivity contribution in [2.45, 2.75) is 74.7 Å². The van der Waals surface area contributed by atoms with E-state index in [1.807, 2.05) is 11.0 Å². The minimum Gasteiger partial charge on any atom is -0.449 e. The number of hydrogen-bond acceptors (Lipinski definition) is 6. The van der Waals surface area contributed by atoms with Gasteiger partial charge in [0.25, 0.3) is 5.91 Å². The van der Waals surface area contributed by atoms with Crippen LogP contribution in [-0.2, 0) is 15.8 Å². The molecule has 3 N–H and O–H groups in total. The number of halogens is 3. The lowest BCUT2D eigenvalue weighted by molar-refractivity contribution is -0.258. The first-order valence-corrected chi connectivity index (χ1v) is 11.9. The molecule has 11 heteroatoms. The highest BCUT2D eigenvalue weighted by molar-refractivity contribution is 5.95. The van der Waals surface area contributed by atoms with Crippen molar-refractivity contribution >= 4 is 12.0 Å². The van der Waals surface area contributed by atoms with Crippen LogP contribution in [0.4, 0.5) is 18.0 Å². The molecule has 2 saturated carbocycles. The molecule has 1 aromatic carbocycles. The summed E-state index contributed by atoms with van der Waals surface area (Å²) < 4.78 is 44.7. The number of alkyl halides is 3. The normalized spacial score (nSPS) is 24.0. The summed E-state index contributed by atoms with van der Waals surface area (Å²) in [5.74, 6) is -0.249. The SMILES string of the molecule is C[C@](O)(c1ccc(C(=O)N(C2CC2)C2CCC(COC(N)=O)(c3cccnn3)CC2)cc1)C(F)(F)F. The number of amides is 2. The van der Waals surface area contributed by atoms with Gasteiger partial charge in [-0.1, -0.05) is 12.1 Å². The Hall–Kier alpha value is -3.21. The summed E-state index contributed by atoms with van der Waals surface area (Å²) in [6, 6.07) is 8.55. The summed E-state index contributed by atoms with van der Waals surface area (Å²) in [6.45, 7) is 0.749. The van der Waals surface area contributed by atoms with E-state index >= 15 is 0 Å². The topological polar surface area (TPSA) is 119 Å². The van der Waals surface area contributed by atoms with E-state index in [1.54, 1.807) is 12.3 Å². The zero-order chi connectivity index (χ0) is 26.1. The molecule has 1 aromatic heterocycles. The van der Waals surface area contributed by atoms with E-state index in [0.717, 1.165) is 25.0 Å². The number of aliphatic hydroxyl groups is 1. The Bertz CT molecular complexity index is 1080. The van der Waals surface area contributed by atoms with Crippen LogP contribution in [0.5, 0.6) is 0 Å². The summed E-state index contributed by atoms with van der Waals surface area (Å²) in [7, 11) is 0. The molecule has 0 bridgehead atoms. The Morgan fingerprint density at radius 3 is 2.22 bits per heavy atom. The molecule has 0 spiro atoms. The molecule has 0 radical (unpaired) electrons. The number of hydrogen-bond donors (Lipinski definition) is 2. The number of ether oxygens (including phenoxy) is 1. The van der Waals surface area contributed by atoms with Crippen molar-refractivity contribution < 1.29 is 32.6 Å². The fourth-order valence-corrected chi connectivity index (χ4v) is 4.93. The van der Waals surface area contributed by atoms with E-state index in [4.69, 9.17) is 10.5 Å². The van der Waals surface area contributed by atoms with E-state index in [2.05, 4.69) is 10.2 Å². The highest BCUT2D eigenvalue weighted by Crippen LogP contribution is 2.43. The van der Waals surface area contributed by atoms with Crippen LogP contribution in [0, 0.1) is 0 Å². The van der Waals surface area contributed by atoms with E-state index in [1.165, 1.54) is 12.1 Å². The Balaban J connectivity index is 1.51. The Kier molecular flexibility index (Phi) is 6.96. The van der Waals surface area contributed by atoms with Crippen LogP contribution in [0.1, 0.15) is 67.1 Å². The summed E-state index contributed by atoms with van der Waals surface area (Å²) in [6.07, 6.45) is 0.0130. The number of aromatic nitrogens is 2. The highest BCUT2D eigenvalue weighted by Gasteiger charge is 2.51. The van der Waals surface area contributed by atoms with E-state index in [0.29, 0.717) is 38.3 Å². The lowest BCUT2D eigenvalue weighted by Crippen LogP contribution is -2.48. The molecule has 1 atom stereocenters. The third-order valence-corrected chi connectivity index (χ3v) is 7.33. The first kappa shape index (κ1) is 25.9. The molecule has 194 valence electrons. The molecule has 8 nitrogen and oxygen atoms in total. The predicted octanol–water partition coefficient (Wildman–Crippen LogP) is 3.83. The van der Waals surface area contributed by atoms with Gasteiger partial charge in [0.05, 0.1) is 5.69 Å². The van der Waals surface area contributed by atoms with Gasteiger partial charge in [-0.2, -0.15) is 23.4 Å². The Labute approximate surface area is 206 Å². The number of benzene rings is 1. The first-order valence-electron chi connectivity index (χ1n) is 11.9. The van der Waals surface area contributed by atoms with Crippen molar-refractivity contribution in [1.82, 2.24) is 15.1 Å². The molecular weight excluding hydrogens is 477 g/mol. The number of nitrogens with zero attached hydrogens (tertiary/aromatic N) is 3. The van der Waals surface area contributed by atoms with Crippen molar-refractivity contribution in [2.75, 3.05) is 6.61 Å². The van der Waals surface area contributed by atoms with Gasteiger partial charge in [0.2, 0.25) is 0 Å². The zero-order valence-electron chi connectivity index (χ0n) is 19.9. The smallest absolute Gasteiger partial charge is 0.421 e. The molecule has 2 aromatic rings. The monoisotopic (exact) mass is 506 g/mol. The Morgan fingerprint density at radius 2 is 1.72 bits per heavy atom. The van der Waals surface area contributed by atoms with Crippen molar-refractivity contribution in [3.8, 4) is 0 Å². The van der Waals surface area contributed by atoms with Crippen LogP contribution in [0.25, 0.3) is 0 Å². The predicted molar refractivity (Wildman–Crippen MR) is 123 cm³/mol. The van der Waals surface area contributed by atoms with Gasteiger partial charge in [0.15, 0.2) is 5.60 Å². The molecule has 1 heterocycles. The lowest BCUT2D eigenvalue weighted by Gasteiger charge is -2.43. The highest BCUT2D eigenvalue weighted by atomic mass is 19.4. The summed E-state index contributed by atoms with van der Waals surface area (Å²) >= 11 is 0. The average molecular weight is 507 g/mol. The third-order valence-electron chi connectivity index (χ3n) is 7.33. The fourth-order valence-electron chi connectivity index (χ4n) is 4.93. The van der Waals surface area contributed by atoms with Crippen molar-refractivity contribution in [2.24, 2.45) is 5.73 Å². The fraction of sp³-hybridized carbons (Fsp3) is 0.520. The molecule has 36 heavy (non-hydrogen) atoms. The number of carbonyl (C=O) groups excluding carboxylic acids is 2. The van der Waals surface area contributed by atoms with Crippen molar-refractivity contribution in [3.05, 3.63) is 59.4 Å². The average Bonchev–Trinajstić information content (AvgIpc) is 3.69. The van der Waals surface area contributed by atoms with Crippen LogP contribution in [0.15, 0.2) is 42.6 Å². The molecule has 2 aliphatic carbocycles. The van der Waals surface area contributed by atoms with E-state index < -0.39 is 23.3 Å². The second-order valence-corrected chi connectivity index (χ2v) is 9.82. The standard InChI is InChI=1S/C25H29F3N4O4/c1-23(35,25(26,27)28)17-6-4-16(5-7-17)21(33)32(18-8-9-18)19-10-12-24(13-11-19,15-36-22(29)34)20-3-2-14-30-31-20/h2-7,14,18-19,35H,8-13,15H2,1H3,(H2,29,34)/t19?,23-,24?/m0/s1. The molecule has 0 unspecified atom stereocenters.